The Kier molecular flexibility index (Phi) is 6.74. The minimum atomic E-state index is -0.461. The number of hydrogen-bond acceptors (Lipinski definition) is 4. The summed E-state index contributed by atoms with van der Waals surface area (Å²) >= 11 is 0. The predicted octanol–water partition coefficient (Wildman–Crippen LogP) is 1.62. The molecule has 1 fully saturated rings. The quantitative estimate of drug-likeness (QED) is 0.721. The molecule has 0 radical (unpaired) electrons. The highest BCUT2D eigenvalue weighted by atomic mass is 16.2. The molecule has 1 atom stereocenters. The first-order chi connectivity index (χ1) is 14.3. The fourth-order valence-electron chi connectivity index (χ4n) is 4.10. The van der Waals surface area contributed by atoms with Crippen molar-refractivity contribution in [2.45, 2.75) is 71.5 Å². The minimum absolute atomic E-state index is 0.0395. The highest BCUT2D eigenvalue weighted by molar-refractivity contribution is 5.94. The van der Waals surface area contributed by atoms with E-state index in [1.54, 1.807) is 12.3 Å². The summed E-state index contributed by atoms with van der Waals surface area (Å²) in [6.45, 7) is 5.76. The van der Waals surface area contributed by atoms with Gasteiger partial charge in [0.05, 0.1) is 5.69 Å². The van der Waals surface area contributed by atoms with Crippen LogP contribution in [0, 0.1) is 13.8 Å². The Morgan fingerprint density at radius 1 is 1.27 bits per heavy atom. The van der Waals surface area contributed by atoms with Gasteiger partial charge in [-0.25, -0.2) is 0 Å². The summed E-state index contributed by atoms with van der Waals surface area (Å²) < 4.78 is 3.12. The van der Waals surface area contributed by atoms with E-state index in [0.717, 1.165) is 42.6 Å². The Balaban J connectivity index is 1.64. The molecule has 0 unspecified atom stereocenters. The molecule has 1 saturated carbocycles. The Bertz CT molecular complexity index is 985. The van der Waals surface area contributed by atoms with Gasteiger partial charge in [-0.15, -0.1) is 0 Å². The molecule has 162 valence electrons. The molecule has 2 aromatic heterocycles. The molecule has 3 rings (SSSR count). The van der Waals surface area contributed by atoms with Crippen LogP contribution in [0.1, 0.15) is 59.9 Å². The Labute approximate surface area is 176 Å². The molecule has 8 nitrogen and oxygen atoms in total. The van der Waals surface area contributed by atoms with Gasteiger partial charge >= 0.3 is 0 Å². The van der Waals surface area contributed by atoms with Crippen LogP contribution in [0.4, 0.5) is 0 Å². The van der Waals surface area contributed by atoms with E-state index in [1.165, 1.54) is 10.6 Å². The van der Waals surface area contributed by atoms with Gasteiger partial charge in [0.25, 0.3) is 11.5 Å². The molecule has 0 aliphatic heterocycles. The van der Waals surface area contributed by atoms with Crippen LogP contribution in [-0.2, 0) is 24.8 Å². The van der Waals surface area contributed by atoms with Gasteiger partial charge in [0.2, 0.25) is 5.91 Å². The molecule has 2 heterocycles. The number of pyridine rings is 1. The summed E-state index contributed by atoms with van der Waals surface area (Å²) in [5, 5.41) is 10.3. The Hall–Kier alpha value is -2.90. The Morgan fingerprint density at radius 2 is 1.97 bits per heavy atom. The molecule has 0 saturated heterocycles. The minimum Gasteiger partial charge on any atom is -0.352 e. The lowest BCUT2D eigenvalue weighted by Crippen LogP contribution is -2.41. The number of rotatable bonds is 7. The lowest BCUT2D eigenvalue weighted by Gasteiger charge is -2.15. The molecule has 1 aliphatic carbocycles. The number of hydrogen-bond donors (Lipinski definition) is 2. The lowest BCUT2D eigenvalue weighted by molar-refractivity contribution is -0.122. The first-order valence-corrected chi connectivity index (χ1v) is 10.5. The monoisotopic (exact) mass is 413 g/mol. The third kappa shape index (κ3) is 4.98. The number of nitrogens with zero attached hydrogens (tertiary/aromatic N) is 3. The van der Waals surface area contributed by atoms with Gasteiger partial charge in [0.15, 0.2) is 0 Å². The summed E-state index contributed by atoms with van der Waals surface area (Å²) in [6.07, 6.45) is 6.38. The van der Waals surface area contributed by atoms with Crippen molar-refractivity contribution in [2.24, 2.45) is 7.05 Å². The molecule has 2 amide bonds. The summed E-state index contributed by atoms with van der Waals surface area (Å²) in [7, 11) is 1.89. The highest BCUT2D eigenvalue weighted by Crippen LogP contribution is 2.17. The molecule has 0 aromatic carbocycles. The Morgan fingerprint density at radius 3 is 2.60 bits per heavy atom. The van der Waals surface area contributed by atoms with Crippen LogP contribution in [0.15, 0.2) is 23.1 Å². The maximum atomic E-state index is 12.7. The number of aromatic nitrogens is 3. The first-order valence-electron chi connectivity index (χ1n) is 10.5. The number of carbonyl (C=O) groups excluding carboxylic acids is 2. The second-order valence-electron chi connectivity index (χ2n) is 8.26. The van der Waals surface area contributed by atoms with Crippen molar-refractivity contribution >= 4 is 11.8 Å². The van der Waals surface area contributed by atoms with E-state index in [1.807, 2.05) is 32.5 Å². The lowest BCUT2D eigenvalue weighted by atomic mass is 10.0. The third-order valence-corrected chi connectivity index (χ3v) is 5.85. The van der Waals surface area contributed by atoms with E-state index in [2.05, 4.69) is 15.7 Å². The van der Waals surface area contributed by atoms with Gasteiger partial charge in [-0.3, -0.25) is 19.1 Å². The zero-order valence-electron chi connectivity index (χ0n) is 18.2. The second kappa shape index (κ2) is 9.28. The summed E-state index contributed by atoms with van der Waals surface area (Å²) in [6, 6.07) is 3.15. The molecule has 1 aliphatic rings. The maximum Gasteiger partial charge on any atom is 0.263 e. The number of amides is 2. The van der Waals surface area contributed by atoms with Gasteiger partial charge < -0.3 is 15.2 Å². The number of carbonyl (C=O) groups is 2. The average Bonchev–Trinajstić information content (AvgIpc) is 3.27. The summed E-state index contributed by atoms with van der Waals surface area (Å²) in [5.74, 6) is -0.630. The van der Waals surface area contributed by atoms with E-state index < -0.39 is 11.5 Å². The van der Waals surface area contributed by atoms with E-state index in [9.17, 15) is 14.4 Å². The maximum absolute atomic E-state index is 12.7. The largest absolute Gasteiger partial charge is 0.352 e. The van der Waals surface area contributed by atoms with Crippen LogP contribution in [0.3, 0.4) is 0 Å². The molecular formula is C22H31N5O3. The molecule has 8 heteroatoms. The average molecular weight is 414 g/mol. The fourth-order valence-corrected chi connectivity index (χ4v) is 4.10. The van der Waals surface area contributed by atoms with Crippen LogP contribution in [-0.4, -0.2) is 38.2 Å². The molecule has 0 spiro atoms. The first kappa shape index (κ1) is 21.8. The van der Waals surface area contributed by atoms with Crippen LogP contribution < -0.4 is 16.2 Å². The van der Waals surface area contributed by atoms with Crippen molar-refractivity contribution in [3.63, 3.8) is 0 Å². The van der Waals surface area contributed by atoms with Crippen molar-refractivity contribution in [1.29, 1.82) is 0 Å². The SMILES string of the molecule is Cc1nn(C)c(C)c1C[C@H](C)NC(=O)c1cccn(CC(=O)NC2CCCC2)c1=O. The van der Waals surface area contributed by atoms with E-state index in [0.29, 0.717) is 6.42 Å². The number of aryl methyl sites for hydroxylation is 2. The normalized spacial score (nSPS) is 15.2. The van der Waals surface area contributed by atoms with Crippen LogP contribution in [0.2, 0.25) is 0 Å². The van der Waals surface area contributed by atoms with Crippen LogP contribution in [0.5, 0.6) is 0 Å². The van der Waals surface area contributed by atoms with Crippen molar-refractivity contribution in [3.8, 4) is 0 Å². The number of nitrogens with one attached hydrogen (secondary N) is 2. The summed E-state index contributed by atoms with van der Waals surface area (Å²) in [4.78, 5) is 37.7. The zero-order chi connectivity index (χ0) is 21.8. The van der Waals surface area contributed by atoms with E-state index in [-0.39, 0.29) is 30.1 Å². The highest BCUT2D eigenvalue weighted by Gasteiger charge is 2.20. The van der Waals surface area contributed by atoms with Gasteiger partial charge in [0, 0.05) is 31.0 Å². The molecule has 2 aromatic rings. The topological polar surface area (TPSA) is 98.0 Å². The van der Waals surface area contributed by atoms with Crippen molar-refractivity contribution in [3.05, 3.63) is 51.2 Å². The third-order valence-electron chi connectivity index (χ3n) is 5.85. The molecule has 0 bridgehead atoms. The zero-order valence-corrected chi connectivity index (χ0v) is 18.2. The molecular weight excluding hydrogens is 382 g/mol. The van der Waals surface area contributed by atoms with Gasteiger partial charge in [-0.1, -0.05) is 12.8 Å². The standard InChI is InChI=1S/C22H31N5O3/c1-14(12-19-15(2)25-26(4)16(19)3)23-21(29)18-10-7-11-27(22(18)30)13-20(28)24-17-8-5-6-9-17/h7,10-11,14,17H,5-6,8-9,12-13H2,1-4H3,(H,23,29)(H,24,28)/t14-/m0/s1. The van der Waals surface area contributed by atoms with Crippen molar-refractivity contribution in [1.82, 2.24) is 25.0 Å². The van der Waals surface area contributed by atoms with Crippen LogP contribution >= 0.6 is 0 Å². The van der Waals surface area contributed by atoms with Gasteiger partial charge in [-0.2, -0.15) is 5.10 Å². The fraction of sp³-hybridized carbons (Fsp3) is 0.545. The summed E-state index contributed by atoms with van der Waals surface area (Å²) in [5.41, 5.74) is 2.67. The second-order valence-corrected chi connectivity index (χ2v) is 8.26. The van der Waals surface area contributed by atoms with E-state index >= 15 is 0 Å². The van der Waals surface area contributed by atoms with Crippen molar-refractivity contribution < 1.29 is 9.59 Å². The predicted molar refractivity (Wildman–Crippen MR) is 114 cm³/mol. The smallest absolute Gasteiger partial charge is 0.263 e. The van der Waals surface area contributed by atoms with Crippen molar-refractivity contribution in [2.75, 3.05) is 0 Å². The van der Waals surface area contributed by atoms with Gasteiger partial charge in [-0.05, 0) is 57.7 Å². The molecule has 30 heavy (non-hydrogen) atoms. The molecule has 2 N–H and O–H groups in total. The van der Waals surface area contributed by atoms with Gasteiger partial charge in [0.1, 0.15) is 12.1 Å². The van der Waals surface area contributed by atoms with E-state index in [4.69, 9.17) is 0 Å². The van der Waals surface area contributed by atoms with Crippen LogP contribution in [0.25, 0.3) is 0 Å².